The van der Waals surface area contributed by atoms with E-state index in [9.17, 15) is 18.0 Å². The minimum Gasteiger partial charge on any atom is -0.481 e. The maximum absolute atomic E-state index is 13.0. The number of aryl methyl sites for hydroxylation is 1. The summed E-state index contributed by atoms with van der Waals surface area (Å²) in [4.78, 5) is 27.2. The van der Waals surface area contributed by atoms with Gasteiger partial charge in [0, 0.05) is 30.9 Å². The number of aromatic amines is 1. The minimum absolute atomic E-state index is 0.00217. The number of benzene rings is 1. The van der Waals surface area contributed by atoms with E-state index in [0.717, 1.165) is 4.68 Å². The van der Waals surface area contributed by atoms with Crippen molar-refractivity contribution in [1.82, 2.24) is 14.8 Å². The largest absolute Gasteiger partial charge is 0.481 e. The monoisotopic (exact) mass is 416 g/mol. The molecule has 2 aromatic heterocycles. The van der Waals surface area contributed by atoms with Crippen molar-refractivity contribution in [2.75, 3.05) is 10.8 Å². The van der Waals surface area contributed by atoms with Crippen molar-refractivity contribution in [3.05, 3.63) is 70.8 Å². The highest BCUT2D eigenvalue weighted by molar-refractivity contribution is 7.92. The number of aromatic nitrogens is 3. The number of pyridine rings is 1. The van der Waals surface area contributed by atoms with Crippen LogP contribution in [0.4, 0.5) is 5.69 Å². The highest BCUT2D eigenvalue weighted by Gasteiger charge is 2.24. The molecule has 0 aliphatic carbocycles. The van der Waals surface area contributed by atoms with Gasteiger partial charge in [0.15, 0.2) is 5.82 Å². The molecule has 0 saturated carbocycles. The van der Waals surface area contributed by atoms with Crippen molar-refractivity contribution in [1.29, 1.82) is 0 Å². The number of sulfonamides is 1. The Morgan fingerprint density at radius 2 is 1.93 bits per heavy atom. The van der Waals surface area contributed by atoms with Crippen molar-refractivity contribution in [2.24, 2.45) is 0 Å². The fraction of sp³-hybridized carbons (Fsp3) is 0.211. The molecule has 3 rings (SSSR count). The molecular formula is C19H20N4O5S. The van der Waals surface area contributed by atoms with Crippen LogP contribution < -0.4 is 9.86 Å². The van der Waals surface area contributed by atoms with Crippen LogP contribution in [-0.4, -0.2) is 40.8 Å². The van der Waals surface area contributed by atoms with Crippen LogP contribution in [0.2, 0.25) is 0 Å². The molecule has 1 aromatic carbocycles. The number of aliphatic carboxylic acids is 1. The zero-order valence-corrected chi connectivity index (χ0v) is 16.5. The highest BCUT2D eigenvalue weighted by atomic mass is 32.2. The molecule has 2 heterocycles. The summed E-state index contributed by atoms with van der Waals surface area (Å²) < 4.78 is 28.4. The predicted octanol–water partition coefficient (Wildman–Crippen LogP) is 1.79. The standard InChI is InChI=1S/C19H20N4O5S/c1-2-22(15-6-4-3-5-7-15)29(27,28)16-9-10-17(20-13-16)23-19(26)14(12-21-23)8-11-18(24)25/h3-7,9-10,12-13,21H,2,8,11H2,1H3,(H,24,25). The molecule has 29 heavy (non-hydrogen) atoms. The summed E-state index contributed by atoms with van der Waals surface area (Å²) in [7, 11) is -3.82. The second kappa shape index (κ2) is 8.31. The number of H-pyrrole nitrogens is 1. The van der Waals surface area contributed by atoms with E-state index in [2.05, 4.69) is 10.1 Å². The van der Waals surface area contributed by atoms with E-state index in [1.807, 2.05) is 0 Å². The number of nitrogens with zero attached hydrogens (tertiary/aromatic N) is 3. The van der Waals surface area contributed by atoms with Crippen LogP contribution in [0.5, 0.6) is 0 Å². The van der Waals surface area contributed by atoms with Crippen molar-refractivity contribution in [2.45, 2.75) is 24.7 Å². The number of hydrogen-bond donors (Lipinski definition) is 2. The van der Waals surface area contributed by atoms with Crippen molar-refractivity contribution < 1.29 is 18.3 Å². The Bertz CT molecular complexity index is 1150. The van der Waals surface area contributed by atoms with Crippen LogP contribution in [0, 0.1) is 0 Å². The highest BCUT2D eigenvalue weighted by Crippen LogP contribution is 2.23. The van der Waals surface area contributed by atoms with Crippen LogP contribution in [0.3, 0.4) is 0 Å². The van der Waals surface area contributed by atoms with Gasteiger partial charge in [-0.05, 0) is 37.6 Å². The lowest BCUT2D eigenvalue weighted by atomic mass is 10.2. The molecule has 0 amide bonds. The second-order valence-corrected chi connectivity index (χ2v) is 8.05. The molecule has 0 aliphatic heterocycles. The number of carboxylic acids is 1. The van der Waals surface area contributed by atoms with E-state index in [1.165, 1.54) is 28.8 Å². The van der Waals surface area contributed by atoms with E-state index >= 15 is 0 Å². The molecule has 10 heteroatoms. The molecule has 3 aromatic rings. The SMILES string of the molecule is CCN(c1ccccc1)S(=O)(=O)c1ccc(-n2[nH]cc(CCC(=O)O)c2=O)nc1. The van der Waals surface area contributed by atoms with Gasteiger partial charge in [0.1, 0.15) is 4.90 Å². The average molecular weight is 416 g/mol. The summed E-state index contributed by atoms with van der Waals surface area (Å²) in [6, 6.07) is 11.5. The topological polar surface area (TPSA) is 125 Å². The summed E-state index contributed by atoms with van der Waals surface area (Å²) >= 11 is 0. The Morgan fingerprint density at radius 1 is 1.21 bits per heavy atom. The summed E-state index contributed by atoms with van der Waals surface area (Å²) in [6.07, 6.45) is 2.54. The molecule has 0 unspecified atom stereocenters. The van der Waals surface area contributed by atoms with E-state index < -0.39 is 21.6 Å². The van der Waals surface area contributed by atoms with Gasteiger partial charge in [0.05, 0.1) is 5.69 Å². The lowest BCUT2D eigenvalue weighted by molar-refractivity contribution is -0.136. The first-order chi connectivity index (χ1) is 13.8. The number of hydrogen-bond acceptors (Lipinski definition) is 5. The summed E-state index contributed by atoms with van der Waals surface area (Å²) in [5, 5.41) is 11.5. The van der Waals surface area contributed by atoms with Gasteiger partial charge in [-0.2, -0.15) is 0 Å². The third-order valence-corrected chi connectivity index (χ3v) is 6.21. The number of carbonyl (C=O) groups is 1. The Morgan fingerprint density at radius 3 is 2.52 bits per heavy atom. The molecule has 152 valence electrons. The van der Waals surface area contributed by atoms with Gasteiger partial charge >= 0.3 is 5.97 Å². The Balaban J connectivity index is 1.88. The van der Waals surface area contributed by atoms with Gasteiger partial charge in [-0.1, -0.05) is 18.2 Å². The fourth-order valence-corrected chi connectivity index (χ4v) is 4.29. The lowest BCUT2D eigenvalue weighted by Gasteiger charge is -2.22. The number of anilines is 1. The van der Waals surface area contributed by atoms with Crippen molar-refractivity contribution in [3.8, 4) is 5.82 Å². The molecule has 2 N–H and O–H groups in total. The average Bonchev–Trinajstić information content (AvgIpc) is 3.08. The van der Waals surface area contributed by atoms with Crippen LogP contribution in [0.1, 0.15) is 18.9 Å². The maximum Gasteiger partial charge on any atom is 0.303 e. The molecule has 0 atom stereocenters. The Kier molecular flexibility index (Phi) is 5.83. The van der Waals surface area contributed by atoms with Crippen molar-refractivity contribution >= 4 is 21.7 Å². The van der Waals surface area contributed by atoms with E-state index in [-0.39, 0.29) is 30.1 Å². The molecule has 0 spiro atoms. The van der Waals surface area contributed by atoms with Gasteiger partial charge in [-0.15, -0.1) is 0 Å². The quantitative estimate of drug-likeness (QED) is 0.577. The number of rotatable bonds is 8. The van der Waals surface area contributed by atoms with Crippen LogP contribution in [-0.2, 0) is 21.2 Å². The number of para-hydroxylation sites is 1. The zero-order valence-electron chi connectivity index (χ0n) is 15.6. The summed E-state index contributed by atoms with van der Waals surface area (Å²) in [5.41, 5.74) is 0.434. The van der Waals surface area contributed by atoms with Crippen LogP contribution >= 0.6 is 0 Å². The fourth-order valence-electron chi connectivity index (χ4n) is 2.87. The molecular weight excluding hydrogens is 396 g/mol. The first-order valence-corrected chi connectivity index (χ1v) is 10.3. The summed E-state index contributed by atoms with van der Waals surface area (Å²) in [6.45, 7) is 1.99. The third-order valence-electron chi connectivity index (χ3n) is 4.32. The Labute approximate surface area is 167 Å². The first-order valence-electron chi connectivity index (χ1n) is 8.90. The van der Waals surface area contributed by atoms with Gasteiger partial charge in [0.2, 0.25) is 0 Å². The van der Waals surface area contributed by atoms with E-state index in [4.69, 9.17) is 5.11 Å². The van der Waals surface area contributed by atoms with Crippen molar-refractivity contribution in [3.63, 3.8) is 0 Å². The number of nitrogens with one attached hydrogen (secondary N) is 1. The smallest absolute Gasteiger partial charge is 0.303 e. The molecule has 9 nitrogen and oxygen atoms in total. The molecule has 0 bridgehead atoms. The van der Waals surface area contributed by atoms with E-state index in [1.54, 1.807) is 37.3 Å². The van der Waals surface area contributed by atoms with E-state index in [0.29, 0.717) is 11.3 Å². The van der Waals surface area contributed by atoms with Gasteiger partial charge in [-0.3, -0.25) is 19.0 Å². The molecule has 0 fully saturated rings. The molecule has 0 saturated heterocycles. The van der Waals surface area contributed by atoms with Crippen LogP contribution in [0.15, 0.2) is 64.5 Å². The van der Waals surface area contributed by atoms with Gasteiger partial charge in [-0.25, -0.2) is 18.1 Å². The number of carboxylic acid groups (broad SMARTS) is 1. The first kappa shape index (κ1) is 20.3. The molecule has 0 aliphatic rings. The normalized spacial score (nSPS) is 11.3. The minimum atomic E-state index is -3.82. The lowest BCUT2D eigenvalue weighted by Crippen LogP contribution is -2.30. The predicted molar refractivity (Wildman–Crippen MR) is 107 cm³/mol. The molecule has 0 radical (unpaired) electrons. The maximum atomic E-state index is 13.0. The van der Waals surface area contributed by atoms with Gasteiger partial charge < -0.3 is 5.11 Å². The Hall–Kier alpha value is -3.40. The van der Waals surface area contributed by atoms with Gasteiger partial charge in [0.25, 0.3) is 15.6 Å². The second-order valence-electron chi connectivity index (χ2n) is 6.19. The third kappa shape index (κ3) is 4.21. The zero-order chi connectivity index (χ0) is 21.0. The van der Waals surface area contributed by atoms with Crippen LogP contribution in [0.25, 0.3) is 5.82 Å². The summed E-state index contributed by atoms with van der Waals surface area (Å²) in [5.74, 6) is -0.790.